The molecule has 4 rings (SSSR count). The summed E-state index contributed by atoms with van der Waals surface area (Å²) < 4.78 is 7.24. The molecule has 1 saturated heterocycles. The van der Waals surface area contributed by atoms with Gasteiger partial charge in [0.2, 0.25) is 0 Å². The zero-order valence-electron chi connectivity index (χ0n) is 20.2. The first kappa shape index (κ1) is 23.9. The van der Waals surface area contributed by atoms with Gasteiger partial charge in [-0.05, 0) is 26.2 Å². The summed E-state index contributed by atoms with van der Waals surface area (Å²) in [7, 11) is 8.78. The van der Waals surface area contributed by atoms with Crippen LogP contribution in [-0.2, 0) is 7.05 Å². The number of hydrogen-bond acceptors (Lipinski definition) is 9. The number of ether oxygens (including phenoxy) is 1. The molecular formula is C22H28N10O3. The van der Waals surface area contributed by atoms with Gasteiger partial charge in [0.05, 0.1) is 24.0 Å². The molecule has 2 aromatic heterocycles. The SMILES string of the molecule is CNC(=O)c1nnc(NC(=O)N2CC(N(C)C)C2)cc1Nc1cccc(-c2ncn(C)n2)c1OC. The Morgan fingerprint density at radius 3 is 2.57 bits per heavy atom. The molecule has 13 heteroatoms. The number of carbonyl (C=O) groups is 2. The highest BCUT2D eigenvalue weighted by Crippen LogP contribution is 2.37. The minimum absolute atomic E-state index is 0.0607. The van der Waals surface area contributed by atoms with Gasteiger partial charge in [0.25, 0.3) is 5.91 Å². The lowest BCUT2D eigenvalue weighted by Gasteiger charge is -2.42. The average Bonchev–Trinajstić information content (AvgIpc) is 3.23. The second kappa shape index (κ2) is 9.93. The molecule has 0 bridgehead atoms. The maximum absolute atomic E-state index is 12.6. The number of carbonyl (C=O) groups excluding carboxylic acids is 2. The molecule has 1 aliphatic rings. The second-order valence-corrected chi connectivity index (χ2v) is 8.28. The van der Waals surface area contributed by atoms with Gasteiger partial charge in [-0.25, -0.2) is 9.78 Å². The summed E-state index contributed by atoms with van der Waals surface area (Å²) in [6, 6.07) is 7.05. The summed E-state index contributed by atoms with van der Waals surface area (Å²) in [5, 5.41) is 20.9. The Morgan fingerprint density at radius 1 is 1.17 bits per heavy atom. The molecule has 0 spiro atoms. The van der Waals surface area contributed by atoms with Gasteiger partial charge in [-0.2, -0.15) is 5.10 Å². The monoisotopic (exact) mass is 480 g/mol. The van der Waals surface area contributed by atoms with E-state index < -0.39 is 5.91 Å². The Hall–Kier alpha value is -4.26. The Labute approximate surface area is 202 Å². The maximum Gasteiger partial charge on any atom is 0.323 e. The van der Waals surface area contributed by atoms with E-state index in [-0.39, 0.29) is 17.5 Å². The summed E-state index contributed by atoms with van der Waals surface area (Å²) in [6.07, 6.45) is 1.60. The number of aryl methyl sites for hydroxylation is 1. The van der Waals surface area contributed by atoms with Crippen LogP contribution >= 0.6 is 0 Å². The van der Waals surface area contributed by atoms with E-state index in [0.29, 0.717) is 47.6 Å². The van der Waals surface area contributed by atoms with Gasteiger partial charge in [0.1, 0.15) is 6.33 Å². The zero-order chi connectivity index (χ0) is 25.1. The van der Waals surface area contributed by atoms with Gasteiger partial charge in [-0.1, -0.05) is 6.07 Å². The summed E-state index contributed by atoms with van der Waals surface area (Å²) in [4.78, 5) is 33.1. The Kier molecular flexibility index (Phi) is 6.78. The van der Waals surface area contributed by atoms with Crippen LogP contribution in [0.2, 0.25) is 0 Å². The second-order valence-electron chi connectivity index (χ2n) is 8.28. The Balaban J connectivity index is 1.62. The summed E-state index contributed by atoms with van der Waals surface area (Å²) in [5.41, 5.74) is 1.63. The van der Waals surface area contributed by atoms with Gasteiger partial charge in [-0.15, -0.1) is 10.2 Å². The van der Waals surface area contributed by atoms with Crippen molar-refractivity contribution in [3.05, 3.63) is 36.3 Å². The number of anilines is 3. The van der Waals surface area contributed by atoms with E-state index in [1.807, 2.05) is 26.2 Å². The number of rotatable bonds is 7. The molecule has 0 atom stereocenters. The molecule has 0 unspecified atom stereocenters. The quantitative estimate of drug-likeness (QED) is 0.454. The number of methoxy groups -OCH3 is 1. The summed E-state index contributed by atoms with van der Waals surface area (Å²) >= 11 is 0. The first-order valence-corrected chi connectivity index (χ1v) is 10.9. The summed E-state index contributed by atoms with van der Waals surface area (Å²) in [5.74, 6) is 0.751. The lowest BCUT2D eigenvalue weighted by molar-refractivity contribution is 0.0942. The van der Waals surface area contributed by atoms with Crippen LogP contribution in [0.15, 0.2) is 30.6 Å². The molecule has 0 saturated carbocycles. The number of hydrogen-bond donors (Lipinski definition) is 3. The summed E-state index contributed by atoms with van der Waals surface area (Å²) in [6.45, 7) is 1.25. The third-order valence-corrected chi connectivity index (χ3v) is 5.68. The Bertz CT molecular complexity index is 1240. The Morgan fingerprint density at radius 2 is 1.94 bits per heavy atom. The van der Waals surface area contributed by atoms with Crippen LogP contribution in [0.25, 0.3) is 11.4 Å². The third kappa shape index (κ3) is 4.99. The molecule has 13 nitrogen and oxygen atoms in total. The third-order valence-electron chi connectivity index (χ3n) is 5.68. The predicted molar refractivity (Wildman–Crippen MR) is 130 cm³/mol. The van der Waals surface area contributed by atoms with E-state index in [2.05, 4.69) is 41.1 Å². The number of aromatic nitrogens is 5. The molecule has 3 aromatic rings. The van der Waals surface area contributed by atoms with Crippen molar-refractivity contribution in [1.82, 2.24) is 40.1 Å². The fourth-order valence-corrected chi connectivity index (χ4v) is 3.61. The minimum atomic E-state index is -0.434. The molecule has 3 N–H and O–H groups in total. The molecule has 35 heavy (non-hydrogen) atoms. The molecule has 3 amide bonds. The van der Waals surface area contributed by atoms with E-state index >= 15 is 0 Å². The number of amides is 3. The van der Waals surface area contributed by atoms with Crippen molar-refractivity contribution in [3.8, 4) is 17.1 Å². The fraction of sp³-hybridized carbons (Fsp3) is 0.364. The van der Waals surface area contributed by atoms with Crippen LogP contribution in [-0.4, -0.2) is 94.1 Å². The number of urea groups is 1. The number of nitrogens with one attached hydrogen (secondary N) is 3. The van der Waals surface area contributed by atoms with E-state index in [4.69, 9.17) is 4.74 Å². The van der Waals surface area contributed by atoms with Crippen molar-refractivity contribution < 1.29 is 14.3 Å². The van der Waals surface area contributed by atoms with Crippen LogP contribution in [0.5, 0.6) is 5.75 Å². The van der Waals surface area contributed by atoms with Crippen molar-refractivity contribution >= 4 is 29.1 Å². The number of para-hydroxylation sites is 1. The minimum Gasteiger partial charge on any atom is -0.494 e. The number of benzene rings is 1. The molecule has 3 heterocycles. The molecule has 184 valence electrons. The van der Waals surface area contributed by atoms with Crippen molar-refractivity contribution in [1.29, 1.82) is 0 Å². The maximum atomic E-state index is 12.6. The van der Waals surface area contributed by atoms with Crippen LogP contribution in [0, 0.1) is 0 Å². The normalized spacial score (nSPS) is 13.4. The highest BCUT2D eigenvalue weighted by atomic mass is 16.5. The van der Waals surface area contributed by atoms with Gasteiger partial charge in [0, 0.05) is 39.3 Å². The predicted octanol–water partition coefficient (Wildman–Crippen LogP) is 1.16. The molecule has 1 aliphatic heterocycles. The van der Waals surface area contributed by atoms with Crippen LogP contribution in [0.4, 0.5) is 22.0 Å². The van der Waals surface area contributed by atoms with Gasteiger partial charge >= 0.3 is 6.03 Å². The number of likely N-dealkylation sites (N-methyl/N-ethyl adjacent to an activating group) is 1. The van der Waals surface area contributed by atoms with E-state index in [0.717, 1.165) is 0 Å². The molecule has 0 aliphatic carbocycles. The van der Waals surface area contributed by atoms with Gasteiger partial charge < -0.3 is 25.2 Å². The highest BCUT2D eigenvalue weighted by molar-refractivity contribution is 5.99. The molecule has 0 radical (unpaired) electrons. The average molecular weight is 481 g/mol. The zero-order valence-corrected chi connectivity index (χ0v) is 20.2. The largest absolute Gasteiger partial charge is 0.494 e. The van der Waals surface area contributed by atoms with Crippen molar-refractivity contribution in [2.24, 2.45) is 7.05 Å². The van der Waals surface area contributed by atoms with Crippen LogP contribution in [0.1, 0.15) is 10.5 Å². The van der Waals surface area contributed by atoms with E-state index in [1.165, 1.54) is 14.2 Å². The number of nitrogens with zero attached hydrogens (tertiary/aromatic N) is 7. The van der Waals surface area contributed by atoms with Crippen molar-refractivity contribution in [2.45, 2.75) is 6.04 Å². The van der Waals surface area contributed by atoms with E-state index in [1.54, 1.807) is 35.1 Å². The topological polar surface area (TPSA) is 142 Å². The first-order chi connectivity index (χ1) is 16.8. The van der Waals surface area contributed by atoms with Crippen molar-refractivity contribution in [3.63, 3.8) is 0 Å². The lowest BCUT2D eigenvalue weighted by Crippen LogP contribution is -2.60. The molecule has 1 aromatic carbocycles. The first-order valence-electron chi connectivity index (χ1n) is 10.9. The smallest absolute Gasteiger partial charge is 0.323 e. The van der Waals surface area contributed by atoms with Crippen molar-refractivity contribution in [2.75, 3.05) is 52.0 Å². The van der Waals surface area contributed by atoms with Gasteiger partial charge in [-0.3, -0.25) is 14.8 Å². The van der Waals surface area contributed by atoms with Gasteiger partial charge in [0.15, 0.2) is 23.1 Å². The lowest BCUT2D eigenvalue weighted by atomic mass is 10.1. The fourth-order valence-electron chi connectivity index (χ4n) is 3.61. The number of likely N-dealkylation sites (tertiary alicyclic amines) is 1. The van der Waals surface area contributed by atoms with Crippen LogP contribution in [0.3, 0.4) is 0 Å². The highest BCUT2D eigenvalue weighted by Gasteiger charge is 2.32. The van der Waals surface area contributed by atoms with Crippen LogP contribution < -0.4 is 20.7 Å². The molecular weight excluding hydrogens is 452 g/mol. The molecule has 1 fully saturated rings. The van der Waals surface area contributed by atoms with E-state index in [9.17, 15) is 9.59 Å². The standard InChI is InChI=1S/C22H28N10O3/c1-23-21(33)18-16(9-17(27-28-18)26-22(34)32-10-13(11-32)30(2)3)25-15-8-6-7-14(19(15)35-5)20-24-12-31(4)29-20/h6-9,12-13H,10-11H2,1-5H3,(H,23,33)(H2,25,26,27,34).